The van der Waals surface area contributed by atoms with Crippen LogP contribution in [0.1, 0.15) is 30.0 Å². The molecule has 56 heavy (non-hydrogen) atoms. The maximum absolute atomic E-state index is 15.4. The summed E-state index contributed by atoms with van der Waals surface area (Å²) in [5.41, 5.74) is 2.52. The molecule has 11 nitrogen and oxygen atoms in total. The summed E-state index contributed by atoms with van der Waals surface area (Å²) in [4.78, 5) is 47.8. The number of aliphatic hydroxyl groups is 1. The first kappa shape index (κ1) is 39.2. The van der Waals surface area contributed by atoms with Gasteiger partial charge in [-0.25, -0.2) is 0 Å². The number of ether oxygens (including phenoxy) is 3. The molecule has 2 fully saturated rings. The van der Waals surface area contributed by atoms with Crippen LogP contribution in [0.4, 0.5) is 11.4 Å². The number of methoxy groups -OCH3 is 2. The number of benzene rings is 4. The van der Waals surface area contributed by atoms with E-state index >= 15 is 4.79 Å². The molecule has 0 bridgehead atoms. The first-order chi connectivity index (χ1) is 27.0. The smallest absolute Gasteiger partial charge is 0.264 e. The summed E-state index contributed by atoms with van der Waals surface area (Å²) in [6.07, 6.45) is -0.563. The average Bonchev–Trinajstić information content (AvgIpc) is 3.63. The predicted octanol–water partition coefficient (Wildman–Crippen LogP) is 4.81. The fourth-order valence-corrected chi connectivity index (χ4v) is 13.2. The molecule has 4 aromatic carbocycles. The van der Waals surface area contributed by atoms with Crippen molar-refractivity contribution in [1.82, 2.24) is 10.2 Å². The van der Waals surface area contributed by atoms with Gasteiger partial charge in [0.2, 0.25) is 11.8 Å². The van der Waals surface area contributed by atoms with Gasteiger partial charge in [0.15, 0.2) is 5.60 Å². The third-order valence-corrected chi connectivity index (χ3v) is 16.4. The number of amides is 3. The minimum Gasteiger partial charge on any atom is -0.497 e. The van der Waals surface area contributed by atoms with E-state index in [0.29, 0.717) is 25.4 Å². The zero-order chi connectivity index (χ0) is 39.6. The van der Waals surface area contributed by atoms with Gasteiger partial charge in [0.1, 0.15) is 11.5 Å². The number of carbonyl (C=O) groups excluding carboxylic acids is 3. The molecule has 3 aliphatic rings. The molecule has 2 saturated heterocycles. The molecule has 7 rings (SSSR count). The Labute approximate surface area is 330 Å². The molecule has 0 aliphatic carbocycles. The Balaban J connectivity index is 1.29. The minimum atomic E-state index is -2.54. The Morgan fingerprint density at radius 3 is 2.36 bits per heavy atom. The van der Waals surface area contributed by atoms with Gasteiger partial charge in [0, 0.05) is 43.3 Å². The van der Waals surface area contributed by atoms with Crippen molar-refractivity contribution in [3.63, 3.8) is 0 Å². The molecule has 3 amide bonds. The normalized spacial score (nSPS) is 22.1. The van der Waals surface area contributed by atoms with Crippen molar-refractivity contribution in [2.45, 2.75) is 56.8 Å². The van der Waals surface area contributed by atoms with Crippen LogP contribution in [0, 0.1) is 5.92 Å². The molecule has 3 heterocycles. The molecule has 4 atom stereocenters. The van der Waals surface area contributed by atoms with Gasteiger partial charge in [-0.3, -0.25) is 14.4 Å². The Morgan fingerprint density at radius 1 is 0.946 bits per heavy atom. The van der Waals surface area contributed by atoms with E-state index in [1.165, 1.54) is 0 Å². The van der Waals surface area contributed by atoms with Crippen LogP contribution in [-0.4, -0.2) is 88.9 Å². The molecule has 1 spiro atoms. The van der Waals surface area contributed by atoms with Gasteiger partial charge < -0.3 is 39.3 Å². The fourth-order valence-electron chi connectivity index (χ4n) is 9.18. The number of nitrogens with one attached hydrogen (secondary N) is 1. The molecule has 4 aromatic rings. The predicted molar refractivity (Wildman–Crippen MR) is 219 cm³/mol. The van der Waals surface area contributed by atoms with Crippen LogP contribution in [-0.2, 0) is 37.8 Å². The van der Waals surface area contributed by atoms with E-state index in [1.54, 1.807) is 28.9 Å². The molecule has 0 saturated carbocycles. The van der Waals surface area contributed by atoms with Gasteiger partial charge in [0.25, 0.3) is 5.91 Å². The highest BCUT2D eigenvalue weighted by atomic mass is 28.3. The Hall–Kier alpha value is -5.01. The summed E-state index contributed by atoms with van der Waals surface area (Å²) in [5, 5.41) is 14.3. The summed E-state index contributed by atoms with van der Waals surface area (Å²) < 4.78 is 18.5. The quantitative estimate of drug-likeness (QED) is 0.186. The molecule has 2 N–H and O–H groups in total. The lowest BCUT2D eigenvalue weighted by molar-refractivity contribution is -0.150. The lowest BCUT2D eigenvalue weighted by atomic mass is 9.82. The van der Waals surface area contributed by atoms with Crippen molar-refractivity contribution in [2.24, 2.45) is 5.92 Å². The standard InChI is InChI=1S/C44H52N4O7Si/c1-30-42(56(4,5)36-17-14-34(53-2)15-18-36)39(26-40(50)46(22-23-49)28-31-10-7-6-8-11-31)55-44(30)37-25-35(54-3)16-19-38(37)48(43(44)52)29-32-12-9-13-33(24-32)47-21-20-45-27-41(47)51/h6-19,24-25,30,39,42,45,49H,20-23,26-29H2,1-5H3/t30-,39+,42-,44+/m1/s1. The Morgan fingerprint density at radius 2 is 1.66 bits per heavy atom. The molecule has 0 radical (unpaired) electrons. The van der Waals surface area contributed by atoms with E-state index in [1.807, 2.05) is 84.9 Å². The lowest BCUT2D eigenvalue weighted by Gasteiger charge is -2.37. The first-order valence-electron chi connectivity index (χ1n) is 19.4. The number of rotatable bonds is 13. The number of hydrogen-bond acceptors (Lipinski definition) is 8. The SMILES string of the molecule is COc1ccc([Si](C)(C)[C@H]2[C@H](CC(=O)N(CCO)Cc3ccccc3)O[C@@]3(C(=O)N(Cc4cccc(N5CCNCC5=O)c4)c4ccc(OC)cc43)[C@@H]2C)cc1. The highest BCUT2D eigenvalue weighted by Gasteiger charge is 2.66. The van der Waals surface area contributed by atoms with E-state index in [2.05, 4.69) is 37.5 Å². The molecule has 0 unspecified atom stereocenters. The van der Waals surface area contributed by atoms with E-state index in [4.69, 9.17) is 14.2 Å². The number of nitrogens with zero attached hydrogens (tertiary/aromatic N) is 3. The topological polar surface area (TPSA) is 121 Å². The van der Waals surface area contributed by atoms with Crippen molar-refractivity contribution in [2.75, 3.05) is 56.8 Å². The van der Waals surface area contributed by atoms with Gasteiger partial charge in [-0.15, -0.1) is 0 Å². The maximum Gasteiger partial charge on any atom is 0.264 e. The Bertz CT molecular complexity index is 2060. The number of anilines is 2. The van der Waals surface area contributed by atoms with Gasteiger partial charge in [-0.05, 0) is 59.1 Å². The van der Waals surface area contributed by atoms with Crippen molar-refractivity contribution in [1.29, 1.82) is 0 Å². The number of hydrogen-bond donors (Lipinski definition) is 2. The van der Waals surface area contributed by atoms with Crippen LogP contribution in [0.2, 0.25) is 18.6 Å². The minimum absolute atomic E-state index is 0.00631. The zero-order valence-electron chi connectivity index (χ0n) is 32.9. The van der Waals surface area contributed by atoms with E-state index in [9.17, 15) is 14.7 Å². The number of carbonyl (C=O) groups is 3. The maximum atomic E-state index is 15.4. The summed E-state index contributed by atoms with van der Waals surface area (Å²) >= 11 is 0. The van der Waals surface area contributed by atoms with Crippen molar-refractivity contribution in [3.8, 4) is 11.5 Å². The monoisotopic (exact) mass is 776 g/mol. The summed E-state index contributed by atoms with van der Waals surface area (Å²) in [6, 6.07) is 31.4. The van der Waals surface area contributed by atoms with Crippen LogP contribution in [0.15, 0.2) is 97.1 Å². The zero-order valence-corrected chi connectivity index (χ0v) is 33.9. The summed E-state index contributed by atoms with van der Waals surface area (Å²) in [5.74, 6) is 0.699. The van der Waals surface area contributed by atoms with Crippen LogP contribution < -0.4 is 29.8 Å². The van der Waals surface area contributed by atoms with Gasteiger partial charge >= 0.3 is 0 Å². The molecule has 0 aromatic heterocycles. The second kappa shape index (κ2) is 16.2. The molecule has 12 heteroatoms. The summed E-state index contributed by atoms with van der Waals surface area (Å²) in [6.45, 7) is 8.85. The van der Waals surface area contributed by atoms with Crippen LogP contribution in [0.25, 0.3) is 0 Å². The van der Waals surface area contributed by atoms with E-state index in [0.717, 1.165) is 39.0 Å². The van der Waals surface area contributed by atoms with Crippen molar-refractivity contribution < 1.29 is 33.7 Å². The average molecular weight is 777 g/mol. The van der Waals surface area contributed by atoms with Crippen LogP contribution >= 0.6 is 0 Å². The molecular weight excluding hydrogens is 725 g/mol. The third-order valence-electron chi connectivity index (χ3n) is 12.0. The van der Waals surface area contributed by atoms with Gasteiger partial charge in [0.05, 0.1) is 60.2 Å². The Kier molecular flexibility index (Phi) is 11.4. The van der Waals surface area contributed by atoms with E-state index < -0.39 is 19.8 Å². The van der Waals surface area contributed by atoms with Crippen LogP contribution in [0.5, 0.6) is 11.5 Å². The highest BCUT2D eigenvalue weighted by molar-refractivity contribution is 6.91. The first-order valence-corrected chi connectivity index (χ1v) is 22.4. The van der Waals surface area contributed by atoms with Gasteiger partial charge in [-0.1, -0.05) is 79.8 Å². The number of piperazine rings is 1. The molecular formula is C44H52N4O7Si. The van der Waals surface area contributed by atoms with Gasteiger partial charge in [-0.2, -0.15) is 0 Å². The van der Waals surface area contributed by atoms with Crippen molar-refractivity contribution in [3.05, 3.63) is 114 Å². The van der Waals surface area contributed by atoms with Crippen molar-refractivity contribution >= 4 is 42.4 Å². The largest absolute Gasteiger partial charge is 0.497 e. The number of fused-ring (bicyclic) bond motifs is 2. The second-order valence-electron chi connectivity index (χ2n) is 15.6. The summed E-state index contributed by atoms with van der Waals surface area (Å²) in [7, 11) is 0.711. The molecule has 3 aliphatic heterocycles. The highest BCUT2D eigenvalue weighted by Crippen LogP contribution is 2.60. The second-order valence-corrected chi connectivity index (χ2v) is 20.2. The third kappa shape index (κ3) is 7.22. The van der Waals surface area contributed by atoms with E-state index in [-0.39, 0.29) is 61.8 Å². The lowest BCUT2D eigenvalue weighted by Crippen LogP contribution is -2.52. The fraction of sp³-hybridized carbons (Fsp3) is 0.386. The van der Waals surface area contributed by atoms with Crippen LogP contribution in [0.3, 0.4) is 0 Å². The molecule has 294 valence electrons. The number of aliphatic hydroxyl groups excluding tert-OH is 1.